The first-order valence-corrected chi connectivity index (χ1v) is 4.17. The molecule has 0 aromatic rings. The van der Waals surface area contributed by atoms with Crippen LogP contribution >= 0.6 is 0 Å². The summed E-state index contributed by atoms with van der Waals surface area (Å²) in [5.74, 6) is 0.0425. The maximum Gasteiger partial charge on any atom is 0.245 e. The van der Waals surface area contributed by atoms with Crippen molar-refractivity contribution in [2.45, 2.75) is 26.7 Å². The quantitative estimate of drug-likeness (QED) is 0.554. The molecule has 64 valence electrons. The Balaban J connectivity index is 3.74. The second kappa shape index (κ2) is 5.96. The standard InChI is InChI=1S/C9H17NO/c1-4-7-8-10(6-3)9(11)5-2/h5H,2,4,6-8H2,1,3H3. The van der Waals surface area contributed by atoms with Crippen LogP contribution < -0.4 is 0 Å². The largest absolute Gasteiger partial charge is 0.339 e. The number of carbonyl (C=O) groups excluding carboxylic acids is 1. The molecule has 0 aromatic carbocycles. The number of likely N-dealkylation sites (N-methyl/N-ethyl adjacent to an activating group) is 1. The smallest absolute Gasteiger partial charge is 0.245 e. The van der Waals surface area contributed by atoms with Crippen molar-refractivity contribution in [1.82, 2.24) is 4.90 Å². The molecule has 0 aromatic heterocycles. The zero-order chi connectivity index (χ0) is 8.69. The zero-order valence-electron chi connectivity index (χ0n) is 7.47. The first-order valence-electron chi connectivity index (χ1n) is 4.17. The van der Waals surface area contributed by atoms with Crippen molar-refractivity contribution in [1.29, 1.82) is 0 Å². The van der Waals surface area contributed by atoms with E-state index in [1.165, 1.54) is 6.08 Å². The normalized spacial score (nSPS) is 9.27. The van der Waals surface area contributed by atoms with Crippen molar-refractivity contribution < 1.29 is 4.79 Å². The first-order chi connectivity index (χ1) is 5.26. The average Bonchev–Trinajstić information content (AvgIpc) is 2.05. The Labute approximate surface area is 68.9 Å². The molecule has 0 aliphatic rings. The number of unbranched alkanes of at least 4 members (excludes halogenated alkanes) is 1. The number of hydrogen-bond acceptors (Lipinski definition) is 1. The van der Waals surface area contributed by atoms with Gasteiger partial charge in [-0.25, -0.2) is 0 Å². The molecule has 2 heteroatoms. The number of amides is 1. The van der Waals surface area contributed by atoms with Crippen LogP contribution in [0.5, 0.6) is 0 Å². The Bertz CT molecular complexity index is 132. The topological polar surface area (TPSA) is 20.3 Å². The highest BCUT2D eigenvalue weighted by molar-refractivity contribution is 5.86. The van der Waals surface area contributed by atoms with Gasteiger partial charge in [-0.3, -0.25) is 4.79 Å². The molecule has 0 saturated heterocycles. The average molecular weight is 155 g/mol. The van der Waals surface area contributed by atoms with Crippen LogP contribution in [-0.2, 0) is 4.79 Å². The van der Waals surface area contributed by atoms with E-state index in [2.05, 4.69) is 13.5 Å². The fourth-order valence-electron chi connectivity index (χ4n) is 0.902. The Morgan fingerprint density at radius 1 is 1.55 bits per heavy atom. The summed E-state index contributed by atoms with van der Waals surface area (Å²) in [5.41, 5.74) is 0. The summed E-state index contributed by atoms with van der Waals surface area (Å²) < 4.78 is 0. The van der Waals surface area contributed by atoms with Gasteiger partial charge in [-0.05, 0) is 19.4 Å². The van der Waals surface area contributed by atoms with E-state index < -0.39 is 0 Å². The third kappa shape index (κ3) is 3.81. The van der Waals surface area contributed by atoms with Crippen LogP contribution in [0.4, 0.5) is 0 Å². The highest BCUT2D eigenvalue weighted by Crippen LogP contribution is 1.95. The van der Waals surface area contributed by atoms with E-state index in [1.54, 1.807) is 4.90 Å². The predicted molar refractivity (Wildman–Crippen MR) is 47.4 cm³/mol. The summed E-state index contributed by atoms with van der Waals surface area (Å²) in [6.07, 6.45) is 3.58. The molecule has 1 amide bonds. The Kier molecular flexibility index (Phi) is 5.53. The third-order valence-corrected chi connectivity index (χ3v) is 1.65. The molecule has 0 atom stereocenters. The number of hydrogen-bond donors (Lipinski definition) is 0. The molecule has 0 aliphatic heterocycles. The lowest BCUT2D eigenvalue weighted by Crippen LogP contribution is -2.29. The molecule has 0 heterocycles. The summed E-state index contributed by atoms with van der Waals surface area (Å²) in [6.45, 7) is 9.19. The van der Waals surface area contributed by atoms with Gasteiger partial charge in [0.15, 0.2) is 0 Å². The van der Waals surface area contributed by atoms with Crippen LogP contribution in [0.3, 0.4) is 0 Å². The van der Waals surface area contributed by atoms with Crippen LogP contribution in [-0.4, -0.2) is 23.9 Å². The second-order valence-electron chi connectivity index (χ2n) is 2.48. The fraction of sp³-hybridized carbons (Fsp3) is 0.667. The van der Waals surface area contributed by atoms with Gasteiger partial charge in [-0.15, -0.1) is 0 Å². The minimum absolute atomic E-state index is 0.0425. The van der Waals surface area contributed by atoms with Crippen LogP contribution in [0.25, 0.3) is 0 Å². The van der Waals surface area contributed by atoms with Gasteiger partial charge >= 0.3 is 0 Å². The molecule has 0 N–H and O–H groups in total. The molecule has 0 unspecified atom stereocenters. The van der Waals surface area contributed by atoms with Gasteiger partial charge in [0, 0.05) is 13.1 Å². The van der Waals surface area contributed by atoms with E-state index in [0.717, 1.165) is 25.9 Å². The number of nitrogens with zero attached hydrogens (tertiary/aromatic N) is 1. The van der Waals surface area contributed by atoms with E-state index in [1.807, 2.05) is 6.92 Å². The van der Waals surface area contributed by atoms with Crippen molar-refractivity contribution in [3.63, 3.8) is 0 Å². The van der Waals surface area contributed by atoms with E-state index in [4.69, 9.17) is 0 Å². The van der Waals surface area contributed by atoms with Crippen LogP contribution in [0.2, 0.25) is 0 Å². The van der Waals surface area contributed by atoms with Crippen LogP contribution in [0, 0.1) is 0 Å². The number of carbonyl (C=O) groups is 1. The summed E-state index contributed by atoms with van der Waals surface area (Å²) in [4.78, 5) is 12.9. The Morgan fingerprint density at radius 2 is 2.18 bits per heavy atom. The van der Waals surface area contributed by atoms with Gasteiger partial charge in [0.1, 0.15) is 0 Å². The van der Waals surface area contributed by atoms with E-state index in [0.29, 0.717) is 0 Å². The maximum atomic E-state index is 11.1. The minimum Gasteiger partial charge on any atom is -0.339 e. The van der Waals surface area contributed by atoms with Crippen molar-refractivity contribution in [2.24, 2.45) is 0 Å². The second-order valence-corrected chi connectivity index (χ2v) is 2.48. The highest BCUT2D eigenvalue weighted by atomic mass is 16.2. The molecule has 0 radical (unpaired) electrons. The van der Waals surface area contributed by atoms with Crippen molar-refractivity contribution in [2.75, 3.05) is 13.1 Å². The number of rotatable bonds is 5. The summed E-state index contributed by atoms with van der Waals surface area (Å²) in [7, 11) is 0. The Hall–Kier alpha value is -0.790. The molecule has 0 spiro atoms. The van der Waals surface area contributed by atoms with Gasteiger partial charge in [-0.1, -0.05) is 19.9 Å². The lowest BCUT2D eigenvalue weighted by Gasteiger charge is -2.17. The van der Waals surface area contributed by atoms with Gasteiger partial charge < -0.3 is 4.90 Å². The summed E-state index contributed by atoms with van der Waals surface area (Å²) in [5, 5.41) is 0. The summed E-state index contributed by atoms with van der Waals surface area (Å²) >= 11 is 0. The lowest BCUT2D eigenvalue weighted by molar-refractivity contribution is -0.125. The van der Waals surface area contributed by atoms with Crippen LogP contribution in [0.1, 0.15) is 26.7 Å². The predicted octanol–water partition coefficient (Wildman–Crippen LogP) is 1.82. The lowest BCUT2D eigenvalue weighted by atomic mass is 10.3. The molecule has 0 fully saturated rings. The van der Waals surface area contributed by atoms with Crippen molar-refractivity contribution in [3.8, 4) is 0 Å². The molecule has 0 rings (SSSR count). The highest BCUT2D eigenvalue weighted by Gasteiger charge is 2.04. The fourth-order valence-corrected chi connectivity index (χ4v) is 0.902. The molecule has 0 saturated carbocycles. The molecular weight excluding hydrogens is 138 g/mol. The maximum absolute atomic E-state index is 11.1. The van der Waals surface area contributed by atoms with Gasteiger partial charge in [0.05, 0.1) is 0 Å². The van der Waals surface area contributed by atoms with Gasteiger partial charge in [-0.2, -0.15) is 0 Å². The molecule has 0 bridgehead atoms. The van der Waals surface area contributed by atoms with Gasteiger partial charge in [0.2, 0.25) is 5.91 Å². The van der Waals surface area contributed by atoms with E-state index in [-0.39, 0.29) is 5.91 Å². The zero-order valence-corrected chi connectivity index (χ0v) is 7.47. The van der Waals surface area contributed by atoms with E-state index >= 15 is 0 Å². The Morgan fingerprint density at radius 3 is 2.55 bits per heavy atom. The van der Waals surface area contributed by atoms with E-state index in [9.17, 15) is 4.79 Å². The molecule has 2 nitrogen and oxygen atoms in total. The van der Waals surface area contributed by atoms with Crippen molar-refractivity contribution >= 4 is 5.91 Å². The molecular formula is C9H17NO. The summed E-state index contributed by atoms with van der Waals surface area (Å²) in [6, 6.07) is 0. The van der Waals surface area contributed by atoms with Gasteiger partial charge in [0.25, 0.3) is 0 Å². The monoisotopic (exact) mass is 155 g/mol. The molecule has 11 heavy (non-hydrogen) atoms. The minimum atomic E-state index is 0.0425. The first kappa shape index (κ1) is 10.2. The molecule has 0 aliphatic carbocycles. The SMILES string of the molecule is C=CC(=O)N(CC)CCCC. The third-order valence-electron chi connectivity index (χ3n) is 1.65. The van der Waals surface area contributed by atoms with Crippen LogP contribution in [0.15, 0.2) is 12.7 Å². The van der Waals surface area contributed by atoms with Crippen molar-refractivity contribution in [3.05, 3.63) is 12.7 Å².